The maximum atomic E-state index is 13.3. The number of aliphatic hydroxyl groups is 1. The SMILES string of the molecule is Cc1cccc(COc2ccc(C(O)=C3C(=O)C(=O)N(CCCN4CCOCC4)C3c3ccccc3)cc2)c1. The van der Waals surface area contributed by atoms with Crippen LogP contribution in [0.2, 0.25) is 0 Å². The van der Waals surface area contributed by atoms with Crippen molar-refractivity contribution in [3.8, 4) is 5.75 Å². The number of likely N-dealkylation sites (tertiary alicyclic amines) is 1. The average Bonchev–Trinajstić information content (AvgIpc) is 3.22. The lowest BCUT2D eigenvalue weighted by atomic mass is 9.95. The van der Waals surface area contributed by atoms with Crippen molar-refractivity contribution in [1.82, 2.24) is 9.80 Å². The first-order chi connectivity index (χ1) is 19.0. The first-order valence-electron chi connectivity index (χ1n) is 13.4. The third kappa shape index (κ3) is 6.21. The zero-order chi connectivity index (χ0) is 27.2. The number of aryl methyl sites for hydroxylation is 1. The number of Topliss-reactive ketones (excluding diaryl/α,β-unsaturated/α-hetero) is 1. The van der Waals surface area contributed by atoms with E-state index in [0.717, 1.165) is 37.2 Å². The van der Waals surface area contributed by atoms with Gasteiger partial charge >= 0.3 is 0 Å². The predicted molar refractivity (Wildman–Crippen MR) is 149 cm³/mol. The van der Waals surface area contributed by atoms with E-state index in [1.807, 2.05) is 55.5 Å². The standard InChI is InChI=1S/C32H34N2O5/c1-23-7-5-8-24(21-23)22-39-27-13-11-26(12-14-27)30(35)28-29(25-9-3-2-4-10-25)34(32(37)31(28)36)16-6-15-33-17-19-38-20-18-33/h2-5,7-14,21,29,35H,6,15-20,22H2,1H3. The van der Waals surface area contributed by atoms with Crippen molar-refractivity contribution in [2.45, 2.75) is 26.0 Å². The van der Waals surface area contributed by atoms with Crippen LogP contribution < -0.4 is 4.74 Å². The molecule has 2 aliphatic rings. The molecule has 2 heterocycles. The molecule has 0 saturated carbocycles. The van der Waals surface area contributed by atoms with E-state index in [1.54, 1.807) is 29.2 Å². The highest BCUT2D eigenvalue weighted by Gasteiger charge is 2.45. The zero-order valence-corrected chi connectivity index (χ0v) is 22.2. The monoisotopic (exact) mass is 526 g/mol. The van der Waals surface area contributed by atoms with Gasteiger partial charge in [0.1, 0.15) is 18.1 Å². The Morgan fingerprint density at radius 3 is 2.41 bits per heavy atom. The normalized spacial score (nSPS) is 19.4. The molecule has 0 bridgehead atoms. The lowest BCUT2D eigenvalue weighted by Gasteiger charge is -2.29. The van der Waals surface area contributed by atoms with Crippen LogP contribution in [-0.4, -0.2) is 66.0 Å². The van der Waals surface area contributed by atoms with Crippen molar-refractivity contribution in [3.05, 3.63) is 107 Å². The van der Waals surface area contributed by atoms with Crippen LogP contribution in [0.1, 0.15) is 34.7 Å². The summed E-state index contributed by atoms with van der Waals surface area (Å²) in [7, 11) is 0. The van der Waals surface area contributed by atoms with Gasteiger partial charge in [0.25, 0.3) is 11.7 Å². The van der Waals surface area contributed by atoms with Crippen LogP contribution >= 0.6 is 0 Å². The van der Waals surface area contributed by atoms with Crippen LogP contribution in [0.4, 0.5) is 0 Å². The van der Waals surface area contributed by atoms with Crippen molar-refractivity contribution in [3.63, 3.8) is 0 Å². The summed E-state index contributed by atoms with van der Waals surface area (Å²) in [5.74, 6) is -0.766. The molecule has 7 heteroatoms. The second kappa shape index (κ2) is 12.3. The first kappa shape index (κ1) is 26.7. The number of hydrogen-bond donors (Lipinski definition) is 1. The molecule has 1 amide bonds. The Morgan fingerprint density at radius 2 is 1.69 bits per heavy atom. The molecular weight excluding hydrogens is 492 g/mol. The van der Waals surface area contributed by atoms with Crippen molar-refractivity contribution >= 4 is 17.4 Å². The molecule has 1 N–H and O–H groups in total. The molecule has 2 saturated heterocycles. The number of hydrogen-bond acceptors (Lipinski definition) is 6. The quantitative estimate of drug-likeness (QED) is 0.247. The van der Waals surface area contributed by atoms with Crippen LogP contribution in [0, 0.1) is 6.92 Å². The van der Waals surface area contributed by atoms with E-state index in [4.69, 9.17) is 9.47 Å². The summed E-state index contributed by atoms with van der Waals surface area (Å²) >= 11 is 0. The Hall–Kier alpha value is -3.94. The third-order valence-corrected chi connectivity index (χ3v) is 7.25. The van der Waals surface area contributed by atoms with Crippen molar-refractivity contribution in [2.75, 3.05) is 39.4 Å². The number of benzene rings is 3. The fraction of sp³-hybridized carbons (Fsp3) is 0.312. The van der Waals surface area contributed by atoms with Crippen molar-refractivity contribution < 1.29 is 24.2 Å². The molecule has 0 aromatic heterocycles. The number of ketones is 1. The highest BCUT2D eigenvalue weighted by atomic mass is 16.5. The molecule has 0 aliphatic carbocycles. The minimum absolute atomic E-state index is 0.117. The van der Waals surface area contributed by atoms with Gasteiger partial charge in [0.2, 0.25) is 0 Å². The minimum atomic E-state index is -0.660. The fourth-order valence-electron chi connectivity index (χ4n) is 5.22. The lowest BCUT2D eigenvalue weighted by Crippen LogP contribution is -2.38. The Morgan fingerprint density at radius 1 is 0.949 bits per heavy atom. The van der Waals surface area contributed by atoms with E-state index in [2.05, 4.69) is 11.0 Å². The molecule has 3 aromatic rings. The van der Waals surface area contributed by atoms with E-state index < -0.39 is 17.7 Å². The van der Waals surface area contributed by atoms with Crippen LogP contribution in [-0.2, 0) is 20.9 Å². The number of rotatable bonds is 9. The van der Waals surface area contributed by atoms with E-state index in [-0.39, 0.29) is 11.3 Å². The minimum Gasteiger partial charge on any atom is -0.507 e. The molecular formula is C32H34N2O5. The first-order valence-corrected chi connectivity index (χ1v) is 13.4. The van der Waals surface area contributed by atoms with Gasteiger partial charge in [-0.3, -0.25) is 14.5 Å². The van der Waals surface area contributed by atoms with Crippen LogP contribution in [0.3, 0.4) is 0 Å². The van der Waals surface area contributed by atoms with Crippen LogP contribution in [0.25, 0.3) is 5.76 Å². The molecule has 0 radical (unpaired) electrons. The summed E-state index contributed by atoms with van der Waals surface area (Å²) < 4.78 is 11.3. The molecule has 39 heavy (non-hydrogen) atoms. The number of morpholine rings is 1. The van der Waals surface area contributed by atoms with Crippen molar-refractivity contribution in [1.29, 1.82) is 0 Å². The summed E-state index contributed by atoms with van der Waals surface area (Å²) in [6.45, 7) is 6.86. The van der Waals surface area contributed by atoms with E-state index in [0.29, 0.717) is 37.7 Å². The van der Waals surface area contributed by atoms with E-state index >= 15 is 0 Å². The summed E-state index contributed by atoms with van der Waals surface area (Å²) in [6, 6.07) is 23.9. The maximum absolute atomic E-state index is 13.3. The Labute approximate surface area is 229 Å². The molecule has 2 aliphatic heterocycles. The van der Waals surface area contributed by atoms with Crippen LogP contribution in [0.5, 0.6) is 5.75 Å². The number of ether oxygens (including phenoxy) is 2. The molecule has 1 unspecified atom stereocenters. The van der Waals surface area contributed by atoms with Gasteiger partial charge in [0, 0.05) is 31.7 Å². The topological polar surface area (TPSA) is 79.3 Å². The van der Waals surface area contributed by atoms with E-state index in [9.17, 15) is 14.7 Å². The molecule has 202 valence electrons. The van der Waals surface area contributed by atoms with Gasteiger partial charge in [-0.2, -0.15) is 0 Å². The Bertz CT molecular complexity index is 1330. The smallest absolute Gasteiger partial charge is 0.295 e. The summed E-state index contributed by atoms with van der Waals surface area (Å²) in [5, 5.41) is 11.3. The third-order valence-electron chi connectivity index (χ3n) is 7.25. The maximum Gasteiger partial charge on any atom is 0.295 e. The highest BCUT2D eigenvalue weighted by molar-refractivity contribution is 6.46. The average molecular weight is 527 g/mol. The molecule has 2 fully saturated rings. The second-order valence-corrected chi connectivity index (χ2v) is 10.0. The van der Waals surface area contributed by atoms with Gasteiger partial charge in [0.15, 0.2) is 0 Å². The summed E-state index contributed by atoms with van der Waals surface area (Å²) in [5.41, 5.74) is 3.61. The molecule has 3 aromatic carbocycles. The second-order valence-electron chi connectivity index (χ2n) is 10.0. The predicted octanol–water partition coefficient (Wildman–Crippen LogP) is 4.72. The molecule has 5 rings (SSSR count). The largest absolute Gasteiger partial charge is 0.507 e. The number of carbonyl (C=O) groups excluding carboxylic acids is 2. The molecule has 1 atom stereocenters. The van der Waals surface area contributed by atoms with Gasteiger partial charge < -0.3 is 19.5 Å². The van der Waals surface area contributed by atoms with Gasteiger partial charge in [-0.05, 0) is 48.7 Å². The van der Waals surface area contributed by atoms with Gasteiger partial charge in [0.05, 0.1) is 24.8 Å². The summed E-state index contributed by atoms with van der Waals surface area (Å²) in [6.07, 6.45) is 0.726. The number of nitrogens with zero attached hydrogens (tertiary/aromatic N) is 2. The summed E-state index contributed by atoms with van der Waals surface area (Å²) in [4.78, 5) is 30.4. The number of aliphatic hydroxyl groups excluding tert-OH is 1. The molecule has 7 nitrogen and oxygen atoms in total. The number of amides is 1. The Balaban J connectivity index is 1.36. The van der Waals surface area contributed by atoms with Gasteiger partial charge in [-0.1, -0.05) is 60.2 Å². The molecule has 0 spiro atoms. The fourth-order valence-corrected chi connectivity index (χ4v) is 5.22. The number of carbonyl (C=O) groups is 2. The lowest BCUT2D eigenvalue weighted by molar-refractivity contribution is -0.140. The van der Waals surface area contributed by atoms with Gasteiger partial charge in [-0.25, -0.2) is 0 Å². The van der Waals surface area contributed by atoms with E-state index in [1.165, 1.54) is 5.56 Å². The Kier molecular flexibility index (Phi) is 8.39. The zero-order valence-electron chi connectivity index (χ0n) is 22.2. The van der Waals surface area contributed by atoms with Gasteiger partial charge in [-0.15, -0.1) is 0 Å². The van der Waals surface area contributed by atoms with Crippen molar-refractivity contribution in [2.24, 2.45) is 0 Å². The van der Waals surface area contributed by atoms with Crippen LogP contribution in [0.15, 0.2) is 84.4 Å². The highest BCUT2D eigenvalue weighted by Crippen LogP contribution is 2.39.